The zero-order valence-corrected chi connectivity index (χ0v) is 19.6. The molecule has 1 aliphatic heterocycles. The molecule has 0 spiro atoms. The quantitative estimate of drug-likeness (QED) is 0.716. The van der Waals surface area contributed by atoms with Crippen LogP contribution in [0.2, 0.25) is 0 Å². The Bertz CT molecular complexity index is 1110. The van der Waals surface area contributed by atoms with Crippen LogP contribution in [0.25, 0.3) is 0 Å². The molecule has 1 N–H and O–H groups in total. The Hall–Kier alpha value is -3.07. The smallest absolute Gasteiger partial charge is 0.265 e. The number of anilines is 2. The van der Waals surface area contributed by atoms with Gasteiger partial charge in [-0.3, -0.25) is 13.9 Å². The molecular weight excluding hydrogens is 430 g/mol. The van der Waals surface area contributed by atoms with Gasteiger partial charge in [0.2, 0.25) is 10.0 Å². The molecule has 172 valence electrons. The van der Waals surface area contributed by atoms with E-state index in [1.54, 1.807) is 47.4 Å². The molecule has 9 heteroatoms. The first-order chi connectivity index (χ1) is 15.2. The van der Waals surface area contributed by atoms with Gasteiger partial charge in [-0.05, 0) is 50.6 Å². The second-order valence-electron chi connectivity index (χ2n) is 7.71. The molecule has 32 heavy (non-hydrogen) atoms. The monoisotopic (exact) mass is 459 g/mol. The van der Waals surface area contributed by atoms with E-state index in [1.165, 1.54) is 4.31 Å². The summed E-state index contributed by atoms with van der Waals surface area (Å²) in [6.45, 7) is 6.87. The maximum Gasteiger partial charge on any atom is 0.265 e. The molecule has 0 aromatic heterocycles. The van der Waals surface area contributed by atoms with Crippen molar-refractivity contribution in [3.05, 3.63) is 53.6 Å². The average Bonchev–Trinajstić information content (AvgIpc) is 2.94. The number of carbonyl (C=O) groups is 2. The highest BCUT2D eigenvalue weighted by atomic mass is 32.2. The maximum absolute atomic E-state index is 13.1. The summed E-state index contributed by atoms with van der Waals surface area (Å²) in [4.78, 5) is 27.6. The Labute approximate surface area is 189 Å². The topological polar surface area (TPSA) is 96.0 Å². The molecule has 0 aliphatic carbocycles. The highest BCUT2D eigenvalue weighted by Gasteiger charge is 2.32. The third-order valence-corrected chi connectivity index (χ3v) is 6.59. The summed E-state index contributed by atoms with van der Waals surface area (Å²) in [5.41, 5.74) is 2.09. The minimum absolute atomic E-state index is 0.105. The summed E-state index contributed by atoms with van der Waals surface area (Å²) in [7, 11) is -3.55. The van der Waals surface area contributed by atoms with Gasteiger partial charge in [0, 0.05) is 26.1 Å². The van der Waals surface area contributed by atoms with Gasteiger partial charge in [0.1, 0.15) is 5.75 Å². The van der Waals surface area contributed by atoms with Gasteiger partial charge in [-0.25, -0.2) is 8.42 Å². The van der Waals surface area contributed by atoms with Gasteiger partial charge >= 0.3 is 0 Å². The number of aryl methyl sites for hydroxylation is 1. The number of rotatable bonds is 6. The van der Waals surface area contributed by atoms with E-state index in [-0.39, 0.29) is 18.9 Å². The van der Waals surface area contributed by atoms with Crippen LogP contribution in [0, 0.1) is 6.92 Å². The molecule has 0 fully saturated rings. The fourth-order valence-electron chi connectivity index (χ4n) is 3.69. The van der Waals surface area contributed by atoms with Crippen molar-refractivity contribution in [3.8, 4) is 5.75 Å². The van der Waals surface area contributed by atoms with Crippen molar-refractivity contribution in [3.63, 3.8) is 0 Å². The lowest BCUT2D eigenvalue weighted by molar-refractivity contribution is -0.122. The van der Waals surface area contributed by atoms with E-state index >= 15 is 0 Å². The standard InChI is InChI=1S/C23H29N3O5S/c1-5-25(6-2)23(28)17-9-7-8-10-18(17)24-22(27)21-13-14-26(32(4,29)30)19-15-16(3)11-12-20(19)31-21/h7-12,15,21H,5-6,13-14H2,1-4H3,(H,24,27)/t21-/m1/s1. The molecule has 1 aliphatic rings. The number of nitrogens with one attached hydrogen (secondary N) is 1. The van der Waals surface area contributed by atoms with Gasteiger partial charge in [0.05, 0.1) is 23.2 Å². The van der Waals surface area contributed by atoms with Gasteiger partial charge in [-0.2, -0.15) is 0 Å². The lowest BCUT2D eigenvalue weighted by atomic mass is 10.1. The summed E-state index contributed by atoms with van der Waals surface area (Å²) in [6.07, 6.45) is 0.382. The highest BCUT2D eigenvalue weighted by molar-refractivity contribution is 7.92. The van der Waals surface area contributed by atoms with Crippen molar-refractivity contribution in [2.75, 3.05) is 35.5 Å². The summed E-state index contributed by atoms with van der Waals surface area (Å²) >= 11 is 0. The fourth-order valence-corrected chi connectivity index (χ4v) is 4.63. The van der Waals surface area contributed by atoms with Crippen LogP contribution in [0.1, 0.15) is 36.2 Å². The lowest BCUT2D eigenvalue weighted by Gasteiger charge is -2.21. The van der Waals surface area contributed by atoms with Crippen LogP contribution in [0.3, 0.4) is 0 Å². The van der Waals surface area contributed by atoms with Crippen molar-refractivity contribution < 1.29 is 22.7 Å². The van der Waals surface area contributed by atoms with E-state index in [0.717, 1.165) is 11.8 Å². The number of para-hydroxylation sites is 1. The fraction of sp³-hybridized carbons (Fsp3) is 0.391. The first-order valence-corrected chi connectivity index (χ1v) is 12.4. The normalized spacial score (nSPS) is 15.9. The van der Waals surface area contributed by atoms with Crippen molar-refractivity contribution in [1.82, 2.24) is 4.90 Å². The van der Waals surface area contributed by atoms with Gasteiger partial charge in [-0.1, -0.05) is 18.2 Å². The molecule has 2 aromatic carbocycles. The van der Waals surface area contributed by atoms with Gasteiger partial charge in [-0.15, -0.1) is 0 Å². The molecule has 2 amide bonds. The maximum atomic E-state index is 13.1. The van der Waals surface area contributed by atoms with E-state index in [4.69, 9.17) is 4.74 Å². The molecule has 0 unspecified atom stereocenters. The number of nitrogens with zero attached hydrogens (tertiary/aromatic N) is 2. The molecule has 1 atom stereocenters. The molecule has 0 radical (unpaired) electrons. The van der Waals surface area contributed by atoms with Gasteiger partial charge < -0.3 is 15.0 Å². The Morgan fingerprint density at radius 1 is 1.16 bits per heavy atom. The second-order valence-corrected chi connectivity index (χ2v) is 9.62. The average molecular weight is 460 g/mol. The summed E-state index contributed by atoms with van der Waals surface area (Å²) < 4.78 is 31.9. The molecule has 0 saturated carbocycles. The van der Waals surface area contributed by atoms with Crippen LogP contribution in [-0.4, -0.2) is 57.1 Å². The number of amides is 2. The summed E-state index contributed by atoms with van der Waals surface area (Å²) in [5, 5.41) is 2.81. The van der Waals surface area contributed by atoms with Crippen LogP contribution in [0.15, 0.2) is 42.5 Å². The third kappa shape index (κ3) is 5.04. The van der Waals surface area contributed by atoms with Crippen LogP contribution < -0.4 is 14.4 Å². The van der Waals surface area contributed by atoms with E-state index < -0.39 is 22.0 Å². The SMILES string of the molecule is CCN(CC)C(=O)c1ccccc1NC(=O)[C@H]1CCN(S(C)(=O)=O)c2cc(C)ccc2O1. The Morgan fingerprint density at radius 2 is 1.84 bits per heavy atom. The number of sulfonamides is 1. The van der Waals surface area contributed by atoms with Crippen LogP contribution >= 0.6 is 0 Å². The first kappa shape index (κ1) is 23.6. The zero-order valence-electron chi connectivity index (χ0n) is 18.8. The van der Waals surface area contributed by atoms with E-state index in [9.17, 15) is 18.0 Å². The molecule has 8 nitrogen and oxygen atoms in total. The van der Waals surface area contributed by atoms with Gasteiger partial charge in [0.25, 0.3) is 11.8 Å². The molecule has 1 heterocycles. The Kier molecular flexibility index (Phi) is 7.08. The molecular formula is C23H29N3O5S. The number of hydrogen-bond acceptors (Lipinski definition) is 5. The van der Waals surface area contributed by atoms with E-state index in [2.05, 4.69) is 5.32 Å². The highest BCUT2D eigenvalue weighted by Crippen LogP contribution is 2.35. The second kappa shape index (κ2) is 9.60. The predicted molar refractivity (Wildman–Crippen MR) is 125 cm³/mol. The number of benzene rings is 2. The van der Waals surface area contributed by atoms with Crippen LogP contribution in [0.5, 0.6) is 5.75 Å². The number of fused-ring (bicyclic) bond motifs is 1. The van der Waals surface area contributed by atoms with E-state index in [0.29, 0.717) is 35.8 Å². The summed E-state index contributed by atoms with van der Waals surface area (Å²) in [5.74, 6) is -0.283. The molecule has 2 aromatic rings. The van der Waals surface area contributed by atoms with Gasteiger partial charge in [0.15, 0.2) is 6.10 Å². The van der Waals surface area contributed by atoms with Crippen molar-refractivity contribution in [2.24, 2.45) is 0 Å². The minimum atomic E-state index is -3.55. The molecule has 0 bridgehead atoms. The summed E-state index contributed by atoms with van der Waals surface area (Å²) in [6, 6.07) is 12.0. The minimum Gasteiger partial charge on any atom is -0.478 e. The number of carbonyl (C=O) groups excluding carboxylic acids is 2. The third-order valence-electron chi connectivity index (χ3n) is 5.41. The van der Waals surface area contributed by atoms with E-state index in [1.807, 2.05) is 20.8 Å². The number of ether oxygens (including phenoxy) is 1. The van der Waals surface area contributed by atoms with Crippen LogP contribution in [-0.2, 0) is 14.8 Å². The zero-order chi connectivity index (χ0) is 23.5. The lowest BCUT2D eigenvalue weighted by Crippen LogP contribution is -2.36. The van der Waals surface area contributed by atoms with Crippen molar-refractivity contribution in [1.29, 1.82) is 0 Å². The predicted octanol–water partition coefficient (Wildman–Crippen LogP) is 3.03. The van der Waals surface area contributed by atoms with Crippen molar-refractivity contribution in [2.45, 2.75) is 33.3 Å². The first-order valence-electron chi connectivity index (χ1n) is 10.6. The van der Waals surface area contributed by atoms with Crippen molar-refractivity contribution >= 4 is 33.2 Å². The molecule has 3 rings (SSSR count). The number of hydrogen-bond donors (Lipinski definition) is 1. The largest absolute Gasteiger partial charge is 0.478 e. The Morgan fingerprint density at radius 3 is 2.50 bits per heavy atom. The van der Waals surface area contributed by atoms with Crippen LogP contribution in [0.4, 0.5) is 11.4 Å². The molecule has 0 saturated heterocycles. The Balaban J connectivity index is 1.87.